The molecule has 1 fully saturated rings. The summed E-state index contributed by atoms with van der Waals surface area (Å²) in [5.74, 6) is 0.768. The second kappa shape index (κ2) is 7.55. The van der Waals surface area contributed by atoms with Crippen LogP contribution in [-0.2, 0) is 4.74 Å². The molecule has 0 radical (unpaired) electrons. The standard InChI is InChI=1S/C16H14F3N7O/c17-16(18,19)13(21)1-2-14-22-7-12(25-14)11-5-15(24-9-23-11)26-3-4-27-10(6-20)8-26/h1-2,5,7,9-10,21H,3-4,8H2,(H,22,25)/b2-1-,21-13?. The zero-order valence-corrected chi connectivity index (χ0v) is 13.9. The number of nitrogens with zero attached hydrogens (tertiary/aromatic N) is 5. The van der Waals surface area contributed by atoms with Gasteiger partial charge in [-0.05, 0) is 12.2 Å². The van der Waals surface area contributed by atoms with Gasteiger partial charge >= 0.3 is 6.18 Å². The molecule has 0 spiro atoms. The Morgan fingerprint density at radius 2 is 2.22 bits per heavy atom. The number of hydrogen-bond donors (Lipinski definition) is 2. The summed E-state index contributed by atoms with van der Waals surface area (Å²) in [6.07, 6.45) is -0.750. The Morgan fingerprint density at radius 3 is 2.96 bits per heavy atom. The van der Waals surface area contributed by atoms with Gasteiger partial charge in [-0.3, -0.25) is 5.41 Å². The van der Waals surface area contributed by atoms with Crippen LogP contribution in [0.2, 0.25) is 0 Å². The molecule has 0 bridgehead atoms. The Morgan fingerprint density at radius 1 is 1.41 bits per heavy atom. The van der Waals surface area contributed by atoms with Crippen LogP contribution in [0.15, 0.2) is 24.7 Å². The summed E-state index contributed by atoms with van der Waals surface area (Å²) in [6.45, 7) is 1.36. The van der Waals surface area contributed by atoms with Crippen LogP contribution in [0.4, 0.5) is 19.0 Å². The summed E-state index contributed by atoms with van der Waals surface area (Å²) in [4.78, 5) is 17.0. The Hall–Kier alpha value is -3.26. The zero-order valence-electron chi connectivity index (χ0n) is 13.9. The maximum absolute atomic E-state index is 12.3. The summed E-state index contributed by atoms with van der Waals surface area (Å²) in [5, 5.41) is 15.9. The molecular formula is C16H14F3N7O. The summed E-state index contributed by atoms with van der Waals surface area (Å²) in [6, 6.07) is 3.75. The lowest BCUT2D eigenvalue weighted by Crippen LogP contribution is -2.42. The van der Waals surface area contributed by atoms with Gasteiger partial charge in [-0.15, -0.1) is 0 Å². The van der Waals surface area contributed by atoms with E-state index in [1.165, 1.54) is 12.5 Å². The fourth-order valence-electron chi connectivity index (χ4n) is 2.41. The Kier molecular flexibility index (Phi) is 5.18. The van der Waals surface area contributed by atoms with Crippen molar-refractivity contribution in [1.29, 1.82) is 10.7 Å². The van der Waals surface area contributed by atoms with Crippen molar-refractivity contribution in [2.75, 3.05) is 24.6 Å². The first-order chi connectivity index (χ1) is 12.9. The molecule has 11 heteroatoms. The first kappa shape index (κ1) is 18.5. The molecule has 2 N–H and O–H groups in total. The highest BCUT2D eigenvalue weighted by molar-refractivity contribution is 5.99. The third-order valence-electron chi connectivity index (χ3n) is 3.77. The predicted molar refractivity (Wildman–Crippen MR) is 90.0 cm³/mol. The summed E-state index contributed by atoms with van der Waals surface area (Å²) in [7, 11) is 0. The molecule has 3 rings (SSSR count). The lowest BCUT2D eigenvalue weighted by atomic mass is 10.2. The van der Waals surface area contributed by atoms with E-state index >= 15 is 0 Å². The average molecular weight is 377 g/mol. The highest BCUT2D eigenvalue weighted by Crippen LogP contribution is 2.22. The number of allylic oxidation sites excluding steroid dienone is 1. The second-order valence-electron chi connectivity index (χ2n) is 5.62. The molecule has 1 saturated heterocycles. The lowest BCUT2D eigenvalue weighted by molar-refractivity contribution is -0.0583. The number of aromatic nitrogens is 4. The number of aromatic amines is 1. The van der Waals surface area contributed by atoms with Gasteiger partial charge in [0.25, 0.3) is 0 Å². The van der Waals surface area contributed by atoms with Crippen LogP contribution in [0, 0.1) is 16.7 Å². The Labute approximate surface area is 151 Å². The predicted octanol–water partition coefficient (Wildman–Crippen LogP) is 2.19. The van der Waals surface area contributed by atoms with Gasteiger partial charge in [0, 0.05) is 12.6 Å². The summed E-state index contributed by atoms with van der Waals surface area (Å²) < 4.78 is 42.3. The van der Waals surface area contributed by atoms with Crippen molar-refractivity contribution in [1.82, 2.24) is 19.9 Å². The largest absolute Gasteiger partial charge is 0.432 e. The van der Waals surface area contributed by atoms with Gasteiger partial charge in [0.2, 0.25) is 0 Å². The number of hydrogen-bond acceptors (Lipinski definition) is 7. The molecule has 3 heterocycles. The molecule has 2 aromatic rings. The quantitative estimate of drug-likeness (QED) is 0.790. The van der Waals surface area contributed by atoms with Crippen molar-refractivity contribution < 1.29 is 17.9 Å². The first-order valence-corrected chi connectivity index (χ1v) is 7.84. The normalized spacial score (nSPS) is 17.9. The smallest absolute Gasteiger partial charge is 0.360 e. The first-order valence-electron chi connectivity index (χ1n) is 7.84. The number of alkyl halides is 3. The van der Waals surface area contributed by atoms with Crippen LogP contribution >= 0.6 is 0 Å². The second-order valence-corrected chi connectivity index (χ2v) is 5.62. The van der Waals surface area contributed by atoms with Crippen molar-refractivity contribution in [3.63, 3.8) is 0 Å². The highest BCUT2D eigenvalue weighted by Gasteiger charge is 2.32. The molecule has 1 aliphatic rings. The molecule has 2 aromatic heterocycles. The van der Waals surface area contributed by atoms with Crippen LogP contribution in [-0.4, -0.2) is 57.6 Å². The number of imidazole rings is 1. The molecule has 0 amide bonds. The molecule has 1 aliphatic heterocycles. The number of anilines is 1. The summed E-state index contributed by atoms with van der Waals surface area (Å²) >= 11 is 0. The molecule has 0 aliphatic carbocycles. The number of halogens is 3. The van der Waals surface area contributed by atoms with E-state index in [9.17, 15) is 13.2 Å². The Balaban J connectivity index is 1.76. The maximum Gasteiger partial charge on any atom is 0.432 e. The third kappa shape index (κ3) is 4.48. The van der Waals surface area contributed by atoms with Gasteiger partial charge in [-0.2, -0.15) is 18.4 Å². The van der Waals surface area contributed by atoms with E-state index in [1.807, 2.05) is 4.90 Å². The molecule has 0 aromatic carbocycles. The van der Waals surface area contributed by atoms with E-state index in [0.717, 1.165) is 6.08 Å². The number of rotatable bonds is 4. The number of ether oxygens (including phenoxy) is 1. The van der Waals surface area contributed by atoms with E-state index in [2.05, 4.69) is 26.0 Å². The topological polar surface area (TPSA) is 115 Å². The van der Waals surface area contributed by atoms with E-state index in [1.54, 1.807) is 6.07 Å². The number of H-pyrrole nitrogens is 1. The minimum absolute atomic E-state index is 0.162. The van der Waals surface area contributed by atoms with Crippen molar-refractivity contribution in [3.05, 3.63) is 30.5 Å². The minimum atomic E-state index is -4.70. The fraction of sp³-hybridized carbons (Fsp3) is 0.312. The molecule has 1 atom stereocenters. The minimum Gasteiger partial charge on any atom is -0.360 e. The van der Waals surface area contributed by atoms with Crippen LogP contribution in [0.25, 0.3) is 17.5 Å². The van der Waals surface area contributed by atoms with Crippen LogP contribution in [0.5, 0.6) is 0 Å². The van der Waals surface area contributed by atoms with Crippen LogP contribution < -0.4 is 4.90 Å². The van der Waals surface area contributed by atoms with E-state index in [4.69, 9.17) is 15.4 Å². The van der Waals surface area contributed by atoms with Gasteiger partial charge in [0.05, 0.1) is 36.8 Å². The Bertz CT molecular complexity index is 900. The molecule has 1 unspecified atom stereocenters. The van der Waals surface area contributed by atoms with Gasteiger partial charge in [-0.25, -0.2) is 15.0 Å². The zero-order chi connectivity index (χ0) is 19.4. The molecule has 140 valence electrons. The van der Waals surface area contributed by atoms with Crippen LogP contribution in [0.1, 0.15) is 5.82 Å². The number of nitrogens with one attached hydrogen (secondary N) is 2. The van der Waals surface area contributed by atoms with Crippen molar-refractivity contribution in [3.8, 4) is 17.5 Å². The van der Waals surface area contributed by atoms with Gasteiger partial charge in [0.15, 0.2) is 6.10 Å². The molecule has 8 nitrogen and oxygen atoms in total. The summed E-state index contributed by atoms with van der Waals surface area (Å²) in [5.41, 5.74) is -0.482. The SMILES string of the molecule is N#CC1CN(c2cc(-c3cnc(/C=C\C(=N)C(F)(F)F)[nH]3)ncn2)CCO1. The van der Waals surface area contributed by atoms with E-state index in [0.29, 0.717) is 43.0 Å². The van der Waals surface area contributed by atoms with E-state index in [-0.39, 0.29) is 5.82 Å². The maximum atomic E-state index is 12.3. The monoisotopic (exact) mass is 377 g/mol. The van der Waals surface area contributed by atoms with Crippen molar-refractivity contribution in [2.24, 2.45) is 0 Å². The fourth-order valence-corrected chi connectivity index (χ4v) is 2.41. The number of morpholine rings is 1. The number of nitriles is 1. The molecule has 27 heavy (non-hydrogen) atoms. The highest BCUT2D eigenvalue weighted by atomic mass is 19.4. The average Bonchev–Trinajstić information content (AvgIpc) is 3.14. The van der Waals surface area contributed by atoms with Crippen LogP contribution in [0.3, 0.4) is 0 Å². The van der Waals surface area contributed by atoms with Gasteiger partial charge in [-0.1, -0.05) is 0 Å². The lowest BCUT2D eigenvalue weighted by Gasteiger charge is -2.30. The third-order valence-corrected chi connectivity index (χ3v) is 3.77. The molecule has 0 saturated carbocycles. The van der Waals surface area contributed by atoms with Gasteiger partial charge < -0.3 is 14.6 Å². The van der Waals surface area contributed by atoms with Crippen molar-refractivity contribution >= 4 is 17.6 Å². The van der Waals surface area contributed by atoms with Gasteiger partial charge in [0.1, 0.15) is 23.7 Å². The molecular weight excluding hydrogens is 363 g/mol. The van der Waals surface area contributed by atoms with E-state index < -0.39 is 18.0 Å². The van der Waals surface area contributed by atoms with Crippen molar-refractivity contribution in [2.45, 2.75) is 12.3 Å².